The molecule has 220 valence electrons. The summed E-state index contributed by atoms with van der Waals surface area (Å²) >= 11 is 2.30. The summed E-state index contributed by atoms with van der Waals surface area (Å²) in [5.74, 6) is -0.430. The topological polar surface area (TPSA) is 113 Å². The molecule has 3 aromatic rings. The summed E-state index contributed by atoms with van der Waals surface area (Å²) in [6.07, 6.45) is 1.34. The van der Waals surface area contributed by atoms with Gasteiger partial charge in [-0.2, -0.15) is 0 Å². The number of aliphatic hydroxyl groups is 1. The van der Waals surface area contributed by atoms with E-state index in [2.05, 4.69) is 4.72 Å². The number of phenolic OH excluding ortho intramolecular Hbond substituents is 1. The lowest BCUT2D eigenvalue weighted by molar-refractivity contribution is -0.164. The number of sulfonamides is 1. The lowest BCUT2D eigenvalue weighted by atomic mass is 9.80. The minimum Gasteiger partial charge on any atom is -0.511 e. The van der Waals surface area contributed by atoms with E-state index in [-0.39, 0.29) is 38.4 Å². The first-order valence-electron chi connectivity index (χ1n) is 13.4. The van der Waals surface area contributed by atoms with Crippen molar-refractivity contribution in [2.75, 3.05) is 4.72 Å². The number of thioether (sulfide) groups is 1. The van der Waals surface area contributed by atoms with Crippen molar-refractivity contribution in [1.82, 2.24) is 0 Å². The smallest absolute Gasteiger partial charge is 0.349 e. The van der Waals surface area contributed by atoms with Crippen LogP contribution in [0.15, 0.2) is 73.7 Å². The molecular formula is C31H37NO6S3. The van der Waals surface area contributed by atoms with Crippen LogP contribution in [0.2, 0.25) is 0 Å². The van der Waals surface area contributed by atoms with Crippen molar-refractivity contribution in [3.05, 3.63) is 81.3 Å². The van der Waals surface area contributed by atoms with Crippen LogP contribution in [0.4, 0.5) is 5.69 Å². The highest BCUT2D eigenvalue weighted by atomic mass is 32.2. The van der Waals surface area contributed by atoms with Crippen LogP contribution in [-0.4, -0.2) is 30.2 Å². The molecule has 7 nitrogen and oxygen atoms in total. The van der Waals surface area contributed by atoms with E-state index in [4.69, 9.17) is 4.74 Å². The molecule has 2 heterocycles. The number of cyclic esters (lactones) is 1. The van der Waals surface area contributed by atoms with E-state index in [0.29, 0.717) is 24.1 Å². The Morgan fingerprint density at radius 2 is 1.80 bits per heavy atom. The maximum Gasteiger partial charge on any atom is 0.349 e. The Morgan fingerprint density at radius 3 is 2.37 bits per heavy atom. The molecule has 2 aromatic carbocycles. The van der Waals surface area contributed by atoms with Crippen LogP contribution in [0.5, 0.6) is 5.75 Å². The van der Waals surface area contributed by atoms with Gasteiger partial charge in [0, 0.05) is 11.3 Å². The summed E-state index contributed by atoms with van der Waals surface area (Å²) in [7, 11) is -3.74. The first kappa shape index (κ1) is 31.0. The highest BCUT2D eigenvalue weighted by molar-refractivity contribution is 8.04. The summed E-state index contributed by atoms with van der Waals surface area (Å²) in [5, 5.41) is 22.5. The summed E-state index contributed by atoms with van der Waals surface area (Å²) in [4.78, 5) is 14.3. The monoisotopic (exact) mass is 615 g/mol. The van der Waals surface area contributed by atoms with Crippen molar-refractivity contribution in [2.45, 2.75) is 80.9 Å². The van der Waals surface area contributed by atoms with E-state index in [1.165, 1.54) is 0 Å². The van der Waals surface area contributed by atoms with Crippen LogP contribution in [0.1, 0.15) is 64.2 Å². The second kappa shape index (κ2) is 11.7. The summed E-state index contributed by atoms with van der Waals surface area (Å²) in [5.41, 5.74) is 1.73. The number of aryl methyl sites for hydroxylation is 2. The molecule has 1 aromatic heterocycles. The zero-order chi connectivity index (χ0) is 30.2. The van der Waals surface area contributed by atoms with Crippen LogP contribution >= 0.6 is 23.1 Å². The van der Waals surface area contributed by atoms with Crippen LogP contribution in [0.25, 0.3) is 0 Å². The number of nitrogens with one attached hydrogen (secondary N) is 1. The zero-order valence-corrected chi connectivity index (χ0v) is 26.6. The largest absolute Gasteiger partial charge is 0.511 e. The van der Waals surface area contributed by atoms with Gasteiger partial charge in [-0.15, -0.1) is 11.3 Å². The number of aliphatic hydroxyl groups excluding tert-OH is 1. The van der Waals surface area contributed by atoms with Gasteiger partial charge in [-0.3, -0.25) is 4.72 Å². The number of anilines is 1. The first-order valence-corrected chi connectivity index (χ1v) is 16.6. The molecule has 0 aliphatic carbocycles. The molecule has 1 atom stereocenters. The molecule has 41 heavy (non-hydrogen) atoms. The molecule has 0 saturated heterocycles. The average molecular weight is 616 g/mol. The third kappa shape index (κ3) is 6.93. The number of benzene rings is 2. The molecule has 0 amide bonds. The van der Waals surface area contributed by atoms with Gasteiger partial charge in [0.25, 0.3) is 10.0 Å². The maximum atomic E-state index is 13.4. The molecule has 3 N–H and O–H groups in total. The number of hydrogen-bond donors (Lipinski definition) is 3. The summed E-state index contributed by atoms with van der Waals surface area (Å²) in [6.45, 7) is 11.8. The molecule has 0 bridgehead atoms. The predicted octanol–water partition coefficient (Wildman–Crippen LogP) is 7.70. The Hall–Kier alpha value is -2.95. The normalized spacial score (nSPS) is 18.1. The molecule has 10 heteroatoms. The van der Waals surface area contributed by atoms with Crippen LogP contribution < -0.4 is 4.72 Å². The number of rotatable bonds is 9. The highest BCUT2D eigenvalue weighted by Crippen LogP contribution is 2.46. The number of esters is 1. The van der Waals surface area contributed by atoms with Gasteiger partial charge in [-0.05, 0) is 83.5 Å². The van der Waals surface area contributed by atoms with Crippen LogP contribution in [0, 0.1) is 12.8 Å². The number of carbonyl (C=O) groups excluding carboxylic acids is 1. The minimum atomic E-state index is -3.74. The van der Waals surface area contributed by atoms with E-state index in [9.17, 15) is 23.4 Å². The molecule has 4 rings (SSSR count). The van der Waals surface area contributed by atoms with E-state index in [0.717, 1.165) is 39.1 Å². The van der Waals surface area contributed by atoms with E-state index in [1.54, 1.807) is 29.6 Å². The van der Waals surface area contributed by atoms with Crippen LogP contribution in [-0.2, 0) is 31.4 Å². The predicted molar refractivity (Wildman–Crippen MR) is 165 cm³/mol. The third-order valence-corrected chi connectivity index (χ3v) is 11.3. The Balaban J connectivity index is 1.63. The second-order valence-corrected chi connectivity index (χ2v) is 15.7. The molecular weight excluding hydrogens is 579 g/mol. The SMILES string of the molecule is Cc1cc(SC2=C(O)CC(CCc3ccc(O)cc3)(C(C)C)OC2=O)c(C(C)(C)C)cc1NS(=O)(=O)c1cccs1. The molecule has 0 saturated carbocycles. The van der Waals surface area contributed by atoms with Crippen molar-refractivity contribution >= 4 is 44.8 Å². The highest BCUT2D eigenvalue weighted by Gasteiger charge is 2.44. The second-order valence-electron chi connectivity index (χ2n) is 11.8. The number of ether oxygens (including phenoxy) is 1. The van der Waals surface area contributed by atoms with Crippen molar-refractivity contribution in [1.29, 1.82) is 0 Å². The number of thiophene rings is 1. The Bertz CT molecular complexity index is 1550. The molecule has 0 fully saturated rings. The first-order chi connectivity index (χ1) is 19.1. The maximum absolute atomic E-state index is 13.4. The van der Waals surface area contributed by atoms with E-state index < -0.39 is 21.6 Å². The van der Waals surface area contributed by atoms with Gasteiger partial charge >= 0.3 is 5.97 Å². The molecule has 0 radical (unpaired) electrons. The van der Waals surface area contributed by atoms with Crippen molar-refractivity contribution in [2.24, 2.45) is 5.92 Å². The fourth-order valence-corrected chi connectivity index (χ4v) is 8.16. The van der Waals surface area contributed by atoms with Gasteiger partial charge in [-0.25, -0.2) is 13.2 Å². The lowest BCUT2D eigenvalue weighted by Crippen LogP contribution is -2.44. The summed E-state index contributed by atoms with van der Waals surface area (Å²) < 4.78 is 34.9. The number of aromatic hydroxyl groups is 1. The van der Waals surface area contributed by atoms with Crippen molar-refractivity contribution < 1.29 is 28.2 Å². The van der Waals surface area contributed by atoms with Gasteiger partial charge in [0.05, 0.1) is 5.69 Å². The standard InChI is InChI=1S/C31H37NO6S3/c1-19(2)31(14-13-21-9-11-22(33)12-10-21)18-25(34)28(29(35)38-31)40-26-16-20(3)24(17-23(26)30(4,5)6)32-41(36,37)27-8-7-15-39-27/h7-12,15-17,19,32-34H,13-14,18H2,1-6H3. The number of hydrogen-bond acceptors (Lipinski definition) is 8. The fourth-order valence-electron chi connectivity index (χ4n) is 4.80. The lowest BCUT2D eigenvalue weighted by Gasteiger charge is -2.40. The van der Waals surface area contributed by atoms with Crippen LogP contribution in [0.3, 0.4) is 0 Å². The quantitative estimate of drug-likeness (QED) is 0.212. The average Bonchev–Trinajstić information content (AvgIpc) is 3.43. The Kier molecular flexibility index (Phi) is 8.87. The number of carbonyl (C=O) groups is 1. The number of phenols is 1. The van der Waals surface area contributed by atoms with Gasteiger partial charge in [0.15, 0.2) is 0 Å². The molecule has 1 aliphatic rings. The van der Waals surface area contributed by atoms with Gasteiger partial charge in [0.1, 0.15) is 26.2 Å². The van der Waals surface area contributed by atoms with Gasteiger partial charge < -0.3 is 14.9 Å². The van der Waals surface area contributed by atoms with Crippen molar-refractivity contribution in [3.8, 4) is 5.75 Å². The fraction of sp³-hybridized carbons (Fsp3) is 0.387. The Labute approximate surface area is 250 Å². The molecule has 1 aliphatic heterocycles. The van der Waals surface area contributed by atoms with Gasteiger partial charge in [0.2, 0.25) is 0 Å². The van der Waals surface area contributed by atoms with Gasteiger partial charge in [-0.1, -0.05) is 64.6 Å². The molecule has 1 unspecified atom stereocenters. The van der Waals surface area contributed by atoms with Crippen molar-refractivity contribution in [3.63, 3.8) is 0 Å². The summed E-state index contributed by atoms with van der Waals surface area (Å²) in [6, 6.07) is 13.8. The Morgan fingerprint density at radius 1 is 1.12 bits per heavy atom. The van der Waals surface area contributed by atoms with E-state index >= 15 is 0 Å². The zero-order valence-electron chi connectivity index (χ0n) is 24.1. The minimum absolute atomic E-state index is 0.00866. The van der Waals surface area contributed by atoms with E-state index in [1.807, 2.05) is 65.8 Å². The molecule has 0 spiro atoms. The third-order valence-electron chi connectivity index (χ3n) is 7.39.